The van der Waals surface area contributed by atoms with Gasteiger partial charge in [-0.3, -0.25) is 4.79 Å². The summed E-state index contributed by atoms with van der Waals surface area (Å²) in [6.45, 7) is 5.75. The van der Waals surface area contributed by atoms with E-state index in [2.05, 4.69) is 15.4 Å². The summed E-state index contributed by atoms with van der Waals surface area (Å²) >= 11 is 0. The highest BCUT2D eigenvalue weighted by molar-refractivity contribution is 7.88. The van der Waals surface area contributed by atoms with Crippen molar-refractivity contribution < 1.29 is 17.9 Å². The molecule has 19 heavy (non-hydrogen) atoms. The number of ether oxygens (including phenoxy) is 1. The van der Waals surface area contributed by atoms with Gasteiger partial charge in [0.2, 0.25) is 15.9 Å². The Balaban J connectivity index is 2.32. The van der Waals surface area contributed by atoms with Gasteiger partial charge in [0.1, 0.15) is 0 Å². The normalized spacial score (nSPS) is 21.1. The number of nitrogens with one attached hydrogen (secondary N) is 3. The zero-order valence-corrected chi connectivity index (χ0v) is 12.5. The number of hydrogen-bond acceptors (Lipinski definition) is 5. The molecular formula is C11H23N3O4S. The van der Waals surface area contributed by atoms with Crippen molar-refractivity contribution in [3.63, 3.8) is 0 Å². The fraction of sp³-hybridized carbons (Fsp3) is 0.909. The number of amides is 1. The van der Waals surface area contributed by atoms with Gasteiger partial charge in [0.05, 0.1) is 25.4 Å². The number of hydrogen-bond donors (Lipinski definition) is 3. The molecule has 7 nitrogen and oxygen atoms in total. The van der Waals surface area contributed by atoms with Crippen molar-refractivity contribution in [3.8, 4) is 0 Å². The van der Waals surface area contributed by atoms with Crippen LogP contribution in [0.5, 0.6) is 0 Å². The third-order valence-corrected chi connectivity index (χ3v) is 3.53. The Kier molecular flexibility index (Phi) is 5.72. The molecule has 0 aromatic carbocycles. The Morgan fingerprint density at radius 2 is 2.16 bits per heavy atom. The van der Waals surface area contributed by atoms with Crippen molar-refractivity contribution in [3.05, 3.63) is 0 Å². The van der Waals surface area contributed by atoms with Crippen molar-refractivity contribution in [2.45, 2.75) is 31.9 Å². The third-order valence-electron chi connectivity index (χ3n) is 2.61. The lowest BCUT2D eigenvalue weighted by Gasteiger charge is -2.27. The molecule has 1 amide bonds. The van der Waals surface area contributed by atoms with Gasteiger partial charge in [-0.1, -0.05) is 0 Å². The van der Waals surface area contributed by atoms with E-state index in [0.29, 0.717) is 13.2 Å². The van der Waals surface area contributed by atoms with Crippen LogP contribution in [-0.4, -0.2) is 58.5 Å². The minimum absolute atomic E-state index is 0.111. The van der Waals surface area contributed by atoms with Crippen LogP contribution in [0.4, 0.5) is 0 Å². The van der Waals surface area contributed by atoms with Crippen molar-refractivity contribution in [1.29, 1.82) is 0 Å². The molecule has 1 aliphatic heterocycles. The molecule has 0 aromatic rings. The molecule has 1 fully saturated rings. The van der Waals surface area contributed by atoms with Gasteiger partial charge in [0.25, 0.3) is 0 Å². The number of carbonyl (C=O) groups excluding carboxylic acids is 1. The van der Waals surface area contributed by atoms with E-state index in [1.54, 1.807) is 13.8 Å². The lowest BCUT2D eigenvalue weighted by Crippen LogP contribution is -2.51. The highest BCUT2D eigenvalue weighted by Gasteiger charge is 2.24. The summed E-state index contributed by atoms with van der Waals surface area (Å²) < 4.78 is 30.2. The standard InChI is InChI=1S/C11H23N3O4S/c1-11(2,14-19(3,16)17)8-13-10(15)6-9-7-12-4-5-18-9/h9,12,14H,4-8H2,1-3H3,(H,13,15). The summed E-state index contributed by atoms with van der Waals surface area (Å²) in [6.07, 6.45) is 1.26. The van der Waals surface area contributed by atoms with Gasteiger partial charge in [0, 0.05) is 25.2 Å². The zero-order chi connectivity index (χ0) is 14.5. The first-order valence-corrected chi connectivity index (χ1v) is 8.15. The summed E-state index contributed by atoms with van der Waals surface area (Å²) in [7, 11) is -3.29. The molecule has 3 N–H and O–H groups in total. The number of carbonyl (C=O) groups is 1. The molecule has 0 aliphatic carbocycles. The average Bonchev–Trinajstić information content (AvgIpc) is 2.25. The highest BCUT2D eigenvalue weighted by atomic mass is 32.2. The summed E-state index contributed by atoms with van der Waals surface area (Å²) in [4.78, 5) is 11.7. The molecule has 0 spiro atoms. The SMILES string of the molecule is CC(C)(CNC(=O)CC1CNCCO1)NS(C)(=O)=O. The minimum Gasteiger partial charge on any atom is -0.375 e. The van der Waals surface area contributed by atoms with E-state index in [9.17, 15) is 13.2 Å². The quantitative estimate of drug-likeness (QED) is 0.572. The molecule has 0 radical (unpaired) electrons. The third kappa shape index (κ3) is 7.46. The van der Waals surface area contributed by atoms with Crippen LogP contribution >= 0.6 is 0 Å². The Morgan fingerprint density at radius 1 is 1.47 bits per heavy atom. The van der Waals surface area contributed by atoms with E-state index in [1.165, 1.54) is 0 Å². The van der Waals surface area contributed by atoms with Crippen molar-refractivity contribution in [2.24, 2.45) is 0 Å². The van der Waals surface area contributed by atoms with E-state index in [0.717, 1.165) is 12.8 Å². The van der Waals surface area contributed by atoms with Crippen LogP contribution in [0.25, 0.3) is 0 Å². The Labute approximate surface area is 114 Å². The van der Waals surface area contributed by atoms with Crippen LogP contribution < -0.4 is 15.4 Å². The average molecular weight is 293 g/mol. The zero-order valence-electron chi connectivity index (χ0n) is 11.7. The summed E-state index contributed by atoms with van der Waals surface area (Å²) in [5.74, 6) is -0.142. The number of sulfonamides is 1. The number of morpholine rings is 1. The van der Waals surface area contributed by atoms with Gasteiger partial charge < -0.3 is 15.4 Å². The summed E-state index contributed by atoms with van der Waals surface area (Å²) in [5.41, 5.74) is -0.713. The Hall–Kier alpha value is -0.700. The molecule has 1 unspecified atom stereocenters. The molecule has 1 atom stereocenters. The maximum atomic E-state index is 11.7. The molecule has 0 aromatic heterocycles. The topological polar surface area (TPSA) is 96.5 Å². The predicted molar refractivity (Wildman–Crippen MR) is 72.3 cm³/mol. The molecule has 0 bridgehead atoms. The molecule has 0 saturated carbocycles. The number of rotatable bonds is 6. The van der Waals surface area contributed by atoms with Crippen molar-refractivity contribution >= 4 is 15.9 Å². The molecule has 1 aliphatic rings. The second kappa shape index (κ2) is 6.65. The van der Waals surface area contributed by atoms with Crippen LogP contribution in [0.2, 0.25) is 0 Å². The molecule has 1 heterocycles. The Bertz CT molecular complexity index is 402. The molecule has 112 valence electrons. The van der Waals surface area contributed by atoms with Crippen molar-refractivity contribution in [1.82, 2.24) is 15.4 Å². The van der Waals surface area contributed by atoms with E-state index in [-0.39, 0.29) is 25.0 Å². The van der Waals surface area contributed by atoms with E-state index >= 15 is 0 Å². The first-order chi connectivity index (χ1) is 8.68. The smallest absolute Gasteiger partial charge is 0.222 e. The van der Waals surface area contributed by atoms with Gasteiger partial charge in [-0.05, 0) is 13.8 Å². The van der Waals surface area contributed by atoms with Crippen LogP contribution in [0.15, 0.2) is 0 Å². The first kappa shape index (κ1) is 16.4. The van der Waals surface area contributed by atoms with Crippen LogP contribution in [0.3, 0.4) is 0 Å². The molecule has 8 heteroatoms. The predicted octanol–water partition coefficient (Wildman–Crippen LogP) is -1.19. The van der Waals surface area contributed by atoms with E-state index in [1.807, 2.05) is 0 Å². The molecule has 1 saturated heterocycles. The summed E-state index contributed by atoms with van der Waals surface area (Å²) in [5, 5.41) is 5.87. The fourth-order valence-electron chi connectivity index (χ4n) is 1.89. The van der Waals surface area contributed by atoms with Gasteiger partial charge >= 0.3 is 0 Å². The largest absolute Gasteiger partial charge is 0.375 e. The second-order valence-corrected chi connectivity index (χ2v) is 7.18. The monoisotopic (exact) mass is 293 g/mol. The van der Waals surface area contributed by atoms with Gasteiger partial charge in [0.15, 0.2) is 0 Å². The van der Waals surface area contributed by atoms with E-state index < -0.39 is 15.6 Å². The van der Waals surface area contributed by atoms with Gasteiger partial charge in [-0.15, -0.1) is 0 Å². The lowest BCUT2D eigenvalue weighted by atomic mass is 10.1. The van der Waals surface area contributed by atoms with Gasteiger partial charge in [-0.2, -0.15) is 0 Å². The summed E-state index contributed by atoms with van der Waals surface area (Å²) in [6, 6.07) is 0. The van der Waals surface area contributed by atoms with Crippen LogP contribution in [0.1, 0.15) is 20.3 Å². The fourth-order valence-corrected chi connectivity index (χ4v) is 2.96. The highest BCUT2D eigenvalue weighted by Crippen LogP contribution is 2.04. The van der Waals surface area contributed by atoms with Crippen molar-refractivity contribution in [2.75, 3.05) is 32.5 Å². The Morgan fingerprint density at radius 3 is 2.68 bits per heavy atom. The second-order valence-electron chi connectivity index (χ2n) is 5.44. The maximum absolute atomic E-state index is 11.7. The van der Waals surface area contributed by atoms with Crippen LogP contribution in [-0.2, 0) is 19.6 Å². The van der Waals surface area contributed by atoms with E-state index in [4.69, 9.17) is 4.74 Å². The lowest BCUT2D eigenvalue weighted by molar-refractivity contribution is -0.124. The van der Waals surface area contributed by atoms with Crippen LogP contribution in [0, 0.1) is 0 Å². The maximum Gasteiger partial charge on any atom is 0.222 e. The van der Waals surface area contributed by atoms with Gasteiger partial charge in [-0.25, -0.2) is 13.1 Å². The first-order valence-electron chi connectivity index (χ1n) is 6.26. The molecular weight excluding hydrogens is 270 g/mol. The minimum atomic E-state index is -3.29. The molecule has 1 rings (SSSR count).